The molecule has 2 N–H and O–H groups in total. The van der Waals surface area contributed by atoms with Crippen molar-refractivity contribution in [3.8, 4) is 11.1 Å². The van der Waals surface area contributed by atoms with Gasteiger partial charge in [-0.1, -0.05) is 69.0 Å². The van der Waals surface area contributed by atoms with Crippen LogP contribution in [0.15, 0.2) is 42.5 Å². The molecule has 0 radical (unpaired) electrons. The van der Waals surface area contributed by atoms with E-state index in [1.54, 1.807) is 17.8 Å². The van der Waals surface area contributed by atoms with Gasteiger partial charge in [-0.3, -0.25) is 9.59 Å². The molecule has 0 heterocycles. The predicted molar refractivity (Wildman–Crippen MR) is 167 cm³/mol. The summed E-state index contributed by atoms with van der Waals surface area (Å²) in [5, 5.41) is 12.4. The third-order valence-corrected chi connectivity index (χ3v) is 8.34. The predicted octanol–water partition coefficient (Wildman–Crippen LogP) is 5.84. The molecule has 1 aliphatic carbocycles. The van der Waals surface area contributed by atoms with Crippen molar-refractivity contribution in [1.82, 2.24) is 10.2 Å². The van der Waals surface area contributed by atoms with Crippen molar-refractivity contribution in [2.24, 2.45) is 0 Å². The summed E-state index contributed by atoms with van der Waals surface area (Å²) in [5.41, 5.74) is 4.16. The fourth-order valence-electron chi connectivity index (χ4n) is 5.40. The van der Waals surface area contributed by atoms with Crippen molar-refractivity contribution < 1.29 is 19.5 Å². The standard InChI is InChI=1S/C32H44N2O4S.Li.H/c1-4-5-20-34(25-12-7-6-8-13-25)30(35)18-16-24-15-17-27(28(22-24)26-14-10-9-11-23(26)2)31(36)33-29(32(37)38)19-21-39-3;;/h9-11,14-15,17,22,25,29H,4-8,12-13,16,18-21H2,1-3H3,(H,33,36)(H,37,38);;/t29-;;/m0../s1. The summed E-state index contributed by atoms with van der Waals surface area (Å²) < 4.78 is 0. The summed E-state index contributed by atoms with van der Waals surface area (Å²) in [4.78, 5) is 40.6. The molecule has 0 saturated heterocycles. The van der Waals surface area contributed by atoms with E-state index in [1.807, 2.05) is 49.6 Å². The summed E-state index contributed by atoms with van der Waals surface area (Å²) in [6.45, 7) is 4.99. The number of carboxylic acids is 1. The zero-order valence-corrected chi connectivity index (χ0v) is 24.5. The molecule has 2 amide bonds. The first kappa shape index (κ1) is 34.0. The summed E-state index contributed by atoms with van der Waals surface area (Å²) in [7, 11) is 0. The third-order valence-electron chi connectivity index (χ3n) is 7.69. The molecule has 214 valence electrons. The molecule has 2 aromatic rings. The molecule has 0 spiro atoms. The Kier molecular flexibility index (Phi) is 14.9. The molecule has 0 unspecified atom stereocenters. The van der Waals surface area contributed by atoms with Gasteiger partial charge >= 0.3 is 24.8 Å². The van der Waals surface area contributed by atoms with Crippen LogP contribution in [0.25, 0.3) is 11.1 Å². The van der Waals surface area contributed by atoms with Crippen LogP contribution in [-0.2, 0) is 16.0 Å². The summed E-state index contributed by atoms with van der Waals surface area (Å²) >= 11 is 1.55. The number of nitrogens with one attached hydrogen (secondary N) is 1. The average Bonchev–Trinajstić information content (AvgIpc) is 2.94. The normalized spacial score (nSPS) is 14.2. The zero-order chi connectivity index (χ0) is 28.2. The Labute approximate surface area is 256 Å². The number of nitrogens with zero attached hydrogens (tertiary/aromatic N) is 1. The number of amides is 2. The molecule has 1 aliphatic rings. The number of aliphatic carboxylic acids is 1. The quantitative estimate of drug-likeness (QED) is 0.283. The van der Waals surface area contributed by atoms with Crippen molar-refractivity contribution in [3.63, 3.8) is 0 Å². The second kappa shape index (κ2) is 17.6. The summed E-state index contributed by atoms with van der Waals surface area (Å²) in [6, 6.07) is 13.0. The van der Waals surface area contributed by atoms with Crippen LogP contribution in [0.2, 0.25) is 0 Å². The molecule has 8 heteroatoms. The van der Waals surface area contributed by atoms with Crippen molar-refractivity contribution in [1.29, 1.82) is 0 Å². The van der Waals surface area contributed by atoms with Crippen LogP contribution in [0.5, 0.6) is 0 Å². The summed E-state index contributed by atoms with van der Waals surface area (Å²) in [6.07, 6.45) is 11.3. The van der Waals surface area contributed by atoms with Crippen LogP contribution in [0.1, 0.15) is 86.2 Å². The van der Waals surface area contributed by atoms with Gasteiger partial charge in [-0.15, -0.1) is 0 Å². The van der Waals surface area contributed by atoms with Gasteiger partial charge in [-0.05, 0) is 79.4 Å². The molecule has 6 nitrogen and oxygen atoms in total. The third kappa shape index (κ3) is 9.71. The number of carbonyl (C=O) groups is 3. The monoisotopic (exact) mass is 560 g/mol. The molecule has 2 aromatic carbocycles. The molecular weight excluding hydrogens is 515 g/mol. The minimum absolute atomic E-state index is 0. The van der Waals surface area contributed by atoms with Gasteiger partial charge in [0.25, 0.3) is 5.91 Å². The molecule has 1 fully saturated rings. The van der Waals surface area contributed by atoms with Crippen molar-refractivity contribution in [2.45, 2.75) is 90.1 Å². The molecule has 3 rings (SSSR count). The summed E-state index contributed by atoms with van der Waals surface area (Å²) in [5.74, 6) is -0.568. The number of unbranched alkanes of at least 4 members (excludes halogenated alkanes) is 1. The van der Waals surface area contributed by atoms with Gasteiger partial charge in [0.1, 0.15) is 6.04 Å². The number of hydrogen-bond acceptors (Lipinski definition) is 4. The van der Waals surface area contributed by atoms with E-state index in [0.717, 1.165) is 54.5 Å². The number of thioether (sulfide) groups is 1. The van der Waals surface area contributed by atoms with E-state index in [-0.39, 0.29) is 24.8 Å². The maximum atomic E-state index is 13.4. The van der Waals surface area contributed by atoms with Gasteiger partial charge in [-0.2, -0.15) is 11.8 Å². The topological polar surface area (TPSA) is 86.7 Å². The maximum absolute atomic E-state index is 13.4. The van der Waals surface area contributed by atoms with Crippen molar-refractivity contribution in [3.05, 3.63) is 59.2 Å². The molecule has 0 aliphatic heterocycles. The van der Waals surface area contributed by atoms with E-state index in [0.29, 0.717) is 36.6 Å². The van der Waals surface area contributed by atoms with E-state index < -0.39 is 17.9 Å². The Morgan fingerprint density at radius 2 is 1.80 bits per heavy atom. The Morgan fingerprint density at radius 1 is 1.07 bits per heavy atom. The Morgan fingerprint density at radius 3 is 2.45 bits per heavy atom. The van der Waals surface area contributed by atoms with Gasteiger partial charge in [0.2, 0.25) is 5.91 Å². The Hall–Kier alpha value is -2.20. The van der Waals surface area contributed by atoms with Gasteiger partial charge in [0, 0.05) is 24.6 Å². The number of benzene rings is 2. The van der Waals surface area contributed by atoms with Crippen LogP contribution in [0.3, 0.4) is 0 Å². The van der Waals surface area contributed by atoms with Crippen LogP contribution in [-0.4, -0.2) is 77.3 Å². The average molecular weight is 561 g/mol. The first-order valence-electron chi connectivity index (χ1n) is 14.4. The Bertz CT molecular complexity index is 1120. The van der Waals surface area contributed by atoms with Gasteiger partial charge in [-0.25, -0.2) is 4.79 Å². The minimum atomic E-state index is -1.03. The molecule has 0 bridgehead atoms. The zero-order valence-electron chi connectivity index (χ0n) is 23.7. The van der Waals surface area contributed by atoms with Crippen LogP contribution in [0, 0.1) is 6.92 Å². The number of carbonyl (C=O) groups excluding carboxylic acids is 2. The first-order chi connectivity index (χ1) is 18.8. The van der Waals surface area contributed by atoms with Crippen LogP contribution in [0.4, 0.5) is 0 Å². The second-order valence-corrected chi connectivity index (χ2v) is 11.6. The molecule has 0 aromatic heterocycles. The van der Waals surface area contributed by atoms with Crippen LogP contribution < -0.4 is 5.32 Å². The van der Waals surface area contributed by atoms with Crippen molar-refractivity contribution >= 4 is 48.4 Å². The van der Waals surface area contributed by atoms with E-state index in [1.165, 1.54) is 19.3 Å². The van der Waals surface area contributed by atoms with Crippen molar-refractivity contribution in [2.75, 3.05) is 18.6 Å². The second-order valence-electron chi connectivity index (χ2n) is 10.6. The fourth-order valence-corrected chi connectivity index (χ4v) is 5.87. The Balaban J connectivity index is 0.00000560. The molecule has 1 saturated carbocycles. The van der Waals surface area contributed by atoms with Gasteiger partial charge in [0.15, 0.2) is 0 Å². The molecule has 1 atom stereocenters. The molecule has 40 heavy (non-hydrogen) atoms. The van der Waals surface area contributed by atoms with E-state index in [2.05, 4.69) is 17.1 Å². The molecular formula is C32H45LiN2O4S. The first-order valence-corrected chi connectivity index (χ1v) is 15.8. The van der Waals surface area contributed by atoms with Gasteiger partial charge in [0.05, 0.1) is 0 Å². The SMILES string of the molecule is CCCCN(C(=O)CCc1ccc(C(=O)N[C@@H](CCSC)C(=O)O)c(-c2ccccc2C)c1)C1CCCCC1.[LiH]. The number of hydrogen-bond donors (Lipinski definition) is 2. The van der Waals surface area contributed by atoms with E-state index in [9.17, 15) is 19.5 Å². The fraction of sp³-hybridized carbons (Fsp3) is 0.531. The number of aryl methyl sites for hydroxylation is 2. The number of carboxylic acid groups (broad SMARTS) is 1. The van der Waals surface area contributed by atoms with E-state index >= 15 is 0 Å². The van der Waals surface area contributed by atoms with Crippen LogP contribution >= 0.6 is 11.8 Å². The van der Waals surface area contributed by atoms with E-state index in [4.69, 9.17) is 0 Å². The van der Waals surface area contributed by atoms with Gasteiger partial charge < -0.3 is 15.3 Å². The number of rotatable bonds is 14.